The van der Waals surface area contributed by atoms with Crippen LogP contribution in [-0.2, 0) is 4.74 Å². The van der Waals surface area contributed by atoms with Gasteiger partial charge in [0.2, 0.25) is 0 Å². The average Bonchev–Trinajstić information content (AvgIpc) is 3.04. The standard InChI is InChI=1S/C15H17NO2S/c1-18-10-11-6-7-16(9-11)15(17)14-8-12-4-2-3-5-13(12)19-14/h2-5,8,11H,6-7,9-10H2,1H3/t11-/m1/s1. The number of carbonyl (C=O) groups excluding carboxylic acids is 1. The first kappa shape index (κ1) is 12.6. The van der Waals surface area contributed by atoms with E-state index in [0.29, 0.717) is 5.92 Å². The SMILES string of the molecule is COC[C@@H]1CCN(C(=O)c2cc3ccccc3s2)C1. The van der Waals surface area contributed by atoms with E-state index < -0.39 is 0 Å². The fourth-order valence-corrected chi connectivity index (χ4v) is 3.66. The van der Waals surface area contributed by atoms with Crippen molar-refractivity contribution in [2.45, 2.75) is 6.42 Å². The molecule has 0 saturated carbocycles. The van der Waals surface area contributed by atoms with Gasteiger partial charge in [0.05, 0.1) is 11.5 Å². The second-order valence-corrected chi connectivity index (χ2v) is 6.09. The van der Waals surface area contributed by atoms with E-state index in [9.17, 15) is 4.79 Å². The highest BCUT2D eigenvalue weighted by atomic mass is 32.1. The highest BCUT2D eigenvalue weighted by Crippen LogP contribution is 2.28. The van der Waals surface area contributed by atoms with Crippen LogP contribution in [0.25, 0.3) is 10.1 Å². The van der Waals surface area contributed by atoms with E-state index in [1.54, 1.807) is 18.4 Å². The molecule has 2 aromatic rings. The van der Waals surface area contributed by atoms with E-state index in [-0.39, 0.29) is 5.91 Å². The van der Waals surface area contributed by atoms with Crippen LogP contribution in [0.5, 0.6) is 0 Å². The van der Waals surface area contributed by atoms with Crippen molar-refractivity contribution in [3.05, 3.63) is 35.2 Å². The fourth-order valence-electron chi connectivity index (χ4n) is 2.63. The van der Waals surface area contributed by atoms with Gasteiger partial charge >= 0.3 is 0 Å². The van der Waals surface area contributed by atoms with Crippen molar-refractivity contribution in [2.24, 2.45) is 5.92 Å². The Bertz CT molecular complexity index is 560. The molecule has 0 radical (unpaired) electrons. The number of nitrogens with zero attached hydrogens (tertiary/aromatic N) is 1. The topological polar surface area (TPSA) is 29.5 Å². The van der Waals surface area contributed by atoms with E-state index in [0.717, 1.165) is 36.4 Å². The minimum absolute atomic E-state index is 0.166. The minimum Gasteiger partial charge on any atom is -0.384 e. The molecule has 1 saturated heterocycles. The quantitative estimate of drug-likeness (QED) is 0.861. The Balaban J connectivity index is 1.77. The Hall–Kier alpha value is -1.39. The van der Waals surface area contributed by atoms with Gasteiger partial charge in [-0.05, 0) is 23.9 Å². The largest absolute Gasteiger partial charge is 0.384 e. The molecule has 1 aromatic carbocycles. The number of carbonyl (C=O) groups is 1. The molecule has 1 atom stereocenters. The van der Waals surface area contributed by atoms with Crippen molar-refractivity contribution in [2.75, 3.05) is 26.8 Å². The number of amides is 1. The molecule has 1 fully saturated rings. The molecule has 100 valence electrons. The summed E-state index contributed by atoms with van der Waals surface area (Å²) < 4.78 is 6.35. The van der Waals surface area contributed by atoms with Crippen LogP contribution in [-0.4, -0.2) is 37.6 Å². The molecule has 4 heteroatoms. The van der Waals surface area contributed by atoms with Crippen molar-refractivity contribution in [3.63, 3.8) is 0 Å². The molecule has 19 heavy (non-hydrogen) atoms. The molecule has 1 aromatic heterocycles. The Morgan fingerprint density at radius 2 is 2.32 bits per heavy atom. The Kier molecular flexibility index (Phi) is 3.53. The second-order valence-electron chi connectivity index (χ2n) is 5.01. The predicted molar refractivity (Wildman–Crippen MR) is 77.7 cm³/mol. The smallest absolute Gasteiger partial charge is 0.263 e. The third kappa shape index (κ3) is 2.51. The number of fused-ring (bicyclic) bond motifs is 1. The number of benzene rings is 1. The van der Waals surface area contributed by atoms with Gasteiger partial charge in [-0.1, -0.05) is 18.2 Å². The maximum Gasteiger partial charge on any atom is 0.263 e. The number of hydrogen-bond acceptors (Lipinski definition) is 3. The van der Waals surface area contributed by atoms with Crippen LogP contribution in [0.15, 0.2) is 30.3 Å². The summed E-state index contributed by atoms with van der Waals surface area (Å²) in [6, 6.07) is 10.1. The average molecular weight is 275 g/mol. The second kappa shape index (κ2) is 5.31. The van der Waals surface area contributed by atoms with Gasteiger partial charge < -0.3 is 9.64 Å². The molecule has 0 bridgehead atoms. The molecule has 1 aliphatic heterocycles. The van der Waals surface area contributed by atoms with Crippen molar-refractivity contribution in [1.82, 2.24) is 4.90 Å². The Morgan fingerprint density at radius 3 is 3.11 bits per heavy atom. The highest BCUT2D eigenvalue weighted by molar-refractivity contribution is 7.20. The molecule has 3 nitrogen and oxygen atoms in total. The first-order chi connectivity index (χ1) is 9.28. The summed E-state index contributed by atoms with van der Waals surface area (Å²) in [6.45, 7) is 2.41. The summed E-state index contributed by atoms with van der Waals surface area (Å²) in [4.78, 5) is 15.3. The van der Waals surface area contributed by atoms with Gasteiger partial charge in [0, 0.05) is 30.8 Å². The van der Waals surface area contributed by atoms with Crippen molar-refractivity contribution < 1.29 is 9.53 Å². The van der Waals surface area contributed by atoms with Gasteiger partial charge in [-0.15, -0.1) is 11.3 Å². The van der Waals surface area contributed by atoms with Crippen LogP contribution in [0.2, 0.25) is 0 Å². The third-order valence-electron chi connectivity index (χ3n) is 3.61. The fraction of sp³-hybridized carbons (Fsp3) is 0.400. The number of rotatable bonds is 3. The summed E-state index contributed by atoms with van der Waals surface area (Å²) in [5, 5.41) is 1.16. The predicted octanol–water partition coefficient (Wildman–Crippen LogP) is 3.01. The molecule has 1 aliphatic rings. The summed E-state index contributed by atoms with van der Waals surface area (Å²) in [5.74, 6) is 0.656. The number of methoxy groups -OCH3 is 1. The van der Waals surface area contributed by atoms with Crippen LogP contribution < -0.4 is 0 Å². The molecule has 0 unspecified atom stereocenters. The lowest BCUT2D eigenvalue weighted by Crippen LogP contribution is -2.28. The number of thiophene rings is 1. The first-order valence-electron chi connectivity index (χ1n) is 6.54. The molecule has 2 heterocycles. The van der Waals surface area contributed by atoms with Crippen LogP contribution >= 0.6 is 11.3 Å². The molecular formula is C15H17NO2S. The van der Waals surface area contributed by atoms with Crippen LogP contribution in [0.3, 0.4) is 0 Å². The molecule has 0 aliphatic carbocycles. The van der Waals surface area contributed by atoms with Gasteiger partial charge in [-0.2, -0.15) is 0 Å². The highest BCUT2D eigenvalue weighted by Gasteiger charge is 2.27. The number of ether oxygens (including phenoxy) is 1. The Morgan fingerprint density at radius 1 is 1.47 bits per heavy atom. The van der Waals surface area contributed by atoms with Crippen LogP contribution in [0.4, 0.5) is 0 Å². The van der Waals surface area contributed by atoms with Crippen molar-refractivity contribution >= 4 is 27.3 Å². The normalized spacial score (nSPS) is 19.2. The maximum atomic E-state index is 12.5. The molecule has 1 amide bonds. The third-order valence-corrected chi connectivity index (χ3v) is 4.72. The lowest BCUT2D eigenvalue weighted by Gasteiger charge is -2.15. The maximum absolute atomic E-state index is 12.5. The first-order valence-corrected chi connectivity index (χ1v) is 7.36. The van der Waals surface area contributed by atoms with E-state index in [1.807, 2.05) is 23.1 Å². The molecular weight excluding hydrogens is 258 g/mol. The monoisotopic (exact) mass is 275 g/mol. The summed E-state index contributed by atoms with van der Waals surface area (Å²) in [6.07, 6.45) is 1.05. The minimum atomic E-state index is 0.166. The van der Waals surface area contributed by atoms with Crippen molar-refractivity contribution in [3.8, 4) is 0 Å². The summed E-state index contributed by atoms with van der Waals surface area (Å²) in [5.41, 5.74) is 0. The lowest BCUT2D eigenvalue weighted by molar-refractivity contribution is 0.0780. The summed E-state index contributed by atoms with van der Waals surface area (Å²) >= 11 is 1.58. The lowest BCUT2D eigenvalue weighted by atomic mass is 10.1. The molecule has 3 rings (SSSR count). The zero-order valence-corrected chi connectivity index (χ0v) is 11.8. The van der Waals surface area contributed by atoms with Gasteiger partial charge in [0.15, 0.2) is 0 Å². The zero-order chi connectivity index (χ0) is 13.2. The van der Waals surface area contributed by atoms with Gasteiger partial charge in [-0.3, -0.25) is 4.79 Å². The van der Waals surface area contributed by atoms with E-state index >= 15 is 0 Å². The van der Waals surface area contributed by atoms with E-state index in [4.69, 9.17) is 4.74 Å². The van der Waals surface area contributed by atoms with Crippen LogP contribution in [0, 0.1) is 5.92 Å². The van der Waals surface area contributed by atoms with E-state index in [1.165, 1.54) is 4.70 Å². The number of likely N-dealkylation sites (tertiary alicyclic amines) is 1. The molecule has 0 N–H and O–H groups in total. The van der Waals surface area contributed by atoms with Crippen LogP contribution in [0.1, 0.15) is 16.1 Å². The van der Waals surface area contributed by atoms with Gasteiger partial charge in [0.1, 0.15) is 0 Å². The van der Waals surface area contributed by atoms with Gasteiger partial charge in [0.25, 0.3) is 5.91 Å². The Labute approximate surface area is 116 Å². The van der Waals surface area contributed by atoms with E-state index in [2.05, 4.69) is 12.1 Å². The van der Waals surface area contributed by atoms with Crippen molar-refractivity contribution in [1.29, 1.82) is 0 Å². The zero-order valence-electron chi connectivity index (χ0n) is 11.0. The molecule has 0 spiro atoms. The van der Waals surface area contributed by atoms with Gasteiger partial charge in [-0.25, -0.2) is 0 Å². The number of hydrogen-bond donors (Lipinski definition) is 0. The summed E-state index contributed by atoms with van der Waals surface area (Å²) in [7, 11) is 1.72.